The van der Waals surface area contributed by atoms with Gasteiger partial charge in [0.05, 0.1) is 27.0 Å². The summed E-state index contributed by atoms with van der Waals surface area (Å²) in [5, 5.41) is 26.6. The summed E-state index contributed by atoms with van der Waals surface area (Å²) in [5.41, 5.74) is 1.46. The van der Waals surface area contributed by atoms with E-state index in [0.717, 1.165) is 9.58 Å². The van der Waals surface area contributed by atoms with Crippen LogP contribution in [0.1, 0.15) is 23.6 Å². The van der Waals surface area contributed by atoms with E-state index in [0.29, 0.717) is 33.1 Å². The van der Waals surface area contributed by atoms with Crippen molar-refractivity contribution in [3.8, 4) is 17.6 Å². The first kappa shape index (κ1) is 27.0. The molecule has 4 rings (SSSR count). The summed E-state index contributed by atoms with van der Waals surface area (Å²) in [6.45, 7) is 3.28. The van der Waals surface area contributed by atoms with Crippen LogP contribution in [-0.2, 0) is 4.79 Å². The van der Waals surface area contributed by atoms with Crippen LogP contribution in [0.15, 0.2) is 82.2 Å². The Morgan fingerprint density at radius 1 is 1.00 bits per heavy atom. The van der Waals surface area contributed by atoms with E-state index >= 15 is 0 Å². The number of nitrogens with zero attached hydrogens (tertiary/aromatic N) is 4. The summed E-state index contributed by atoms with van der Waals surface area (Å²) in [4.78, 5) is 25.8. The third-order valence-electron chi connectivity index (χ3n) is 5.78. The van der Waals surface area contributed by atoms with Gasteiger partial charge in [0.25, 0.3) is 11.5 Å². The van der Waals surface area contributed by atoms with Crippen molar-refractivity contribution in [3.05, 3.63) is 114 Å². The Labute approximate surface area is 233 Å². The van der Waals surface area contributed by atoms with Gasteiger partial charge in [0, 0.05) is 10.6 Å². The minimum atomic E-state index is -0.605. The van der Waals surface area contributed by atoms with E-state index in [1.165, 1.54) is 12.1 Å². The summed E-state index contributed by atoms with van der Waals surface area (Å²) >= 11 is 18.5. The van der Waals surface area contributed by atoms with Gasteiger partial charge in [-0.15, -0.1) is 0 Å². The first-order chi connectivity index (χ1) is 18.1. The van der Waals surface area contributed by atoms with Crippen LogP contribution in [0.25, 0.3) is 11.8 Å². The van der Waals surface area contributed by atoms with E-state index in [1.807, 2.05) is 6.07 Å². The Kier molecular flexibility index (Phi) is 7.88. The number of hydrogen-bond acceptors (Lipinski definition) is 5. The van der Waals surface area contributed by atoms with E-state index in [9.17, 15) is 20.0 Å². The van der Waals surface area contributed by atoms with Gasteiger partial charge < -0.3 is 5.11 Å². The first-order valence-electron chi connectivity index (χ1n) is 11.2. The monoisotopic (exact) mass is 564 g/mol. The van der Waals surface area contributed by atoms with Gasteiger partial charge in [0.15, 0.2) is 0 Å². The molecule has 0 saturated heterocycles. The number of benzene rings is 2. The molecule has 1 amide bonds. The molecule has 10 heteroatoms. The second-order valence-electron chi connectivity index (χ2n) is 8.17. The zero-order chi connectivity index (χ0) is 27.6. The molecule has 1 N–H and O–H groups in total. The van der Waals surface area contributed by atoms with E-state index in [2.05, 4.69) is 5.10 Å². The van der Waals surface area contributed by atoms with Crippen LogP contribution < -0.4 is 10.6 Å². The molecule has 0 bridgehead atoms. The van der Waals surface area contributed by atoms with Crippen LogP contribution in [0.3, 0.4) is 0 Å². The Bertz CT molecular complexity index is 1660. The van der Waals surface area contributed by atoms with Gasteiger partial charge in [-0.25, -0.2) is 4.57 Å². The first-order valence-corrected chi connectivity index (χ1v) is 12.3. The van der Waals surface area contributed by atoms with E-state index in [-0.39, 0.29) is 27.2 Å². The quantitative estimate of drug-likeness (QED) is 0.278. The molecule has 0 radical (unpaired) electrons. The fourth-order valence-corrected chi connectivity index (χ4v) is 4.88. The minimum absolute atomic E-state index is 0.0691. The van der Waals surface area contributed by atoms with Crippen LogP contribution in [0.4, 0.5) is 5.69 Å². The number of para-hydroxylation sites is 1. The van der Waals surface area contributed by atoms with Gasteiger partial charge in [-0.3, -0.25) is 9.59 Å². The lowest BCUT2D eigenvalue weighted by Crippen LogP contribution is -2.23. The predicted octanol–water partition coefficient (Wildman–Crippen LogP) is 6.60. The van der Waals surface area contributed by atoms with Crippen molar-refractivity contribution >= 4 is 58.2 Å². The average molecular weight is 566 g/mol. The molecule has 0 aliphatic carbocycles. The summed E-state index contributed by atoms with van der Waals surface area (Å²) in [6.07, 6.45) is 8.05. The molecular formula is C28H19Cl3N4O3. The van der Waals surface area contributed by atoms with Crippen LogP contribution in [0.2, 0.25) is 15.1 Å². The zero-order valence-electron chi connectivity index (χ0n) is 20.1. The molecule has 38 heavy (non-hydrogen) atoms. The molecule has 0 fully saturated rings. The summed E-state index contributed by atoms with van der Waals surface area (Å²) in [7, 11) is 0. The van der Waals surface area contributed by atoms with E-state index in [4.69, 9.17) is 34.8 Å². The second kappa shape index (κ2) is 11.1. The fourth-order valence-electron chi connectivity index (χ4n) is 3.91. The average Bonchev–Trinajstić information content (AvgIpc) is 3.14. The highest BCUT2D eigenvalue weighted by Crippen LogP contribution is 2.39. The molecule has 2 aromatic carbocycles. The van der Waals surface area contributed by atoms with Crippen molar-refractivity contribution in [3.63, 3.8) is 0 Å². The molecule has 1 aliphatic rings. The highest BCUT2D eigenvalue weighted by atomic mass is 35.5. The Morgan fingerprint density at radius 2 is 1.66 bits per heavy atom. The van der Waals surface area contributed by atoms with Gasteiger partial charge in [0.2, 0.25) is 5.88 Å². The van der Waals surface area contributed by atoms with Crippen molar-refractivity contribution < 1.29 is 9.90 Å². The lowest BCUT2D eigenvalue weighted by Gasteiger charge is -2.15. The van der Waals surface area contributed by atoms with Crippen molar-refractivity contribution in [2.24, 2.45) is 5.10 Å². The number of aromatic nitrogens is 1. The highest BCUT2D eigenvalue weighted by Gasteiger charge is 2.31. The van der Waals surface area contributed by atoms with Gasteiger partial charge in [-0.05, 0) is 55.8 Å². The van der Waals surface area contributed by atoms with E-state index < -0.39 is 11.5 Å². The summed E-state index contributed by atoms with van der Waals surface area (Å²) in [5.74, 6) is -0.702. The number of allylic oxidation sites excluding steroid dienone is 4. The number of carbonyl (C=O) groups is 1. The molecule has 190 valence electrons. The van der Waals surface area contributed by atoms with Gasteiger partial charge in [-0.2, -0.15) is 15.4 Å². The normalized spacial score (nSPS) is 14.6. The number of pyridine rings is 1. The zero-order valence-corrected chi connectivity index (χ0v) is 22.4. The fraction of sp³-hybridized carbons (Fsp3) is 0.0714. The standard InChI is InChI=1S/C28H19Cl3N4O3/c1-16-20(26(36)34(27(37)22(16)15-32)19-9-5-3-6-10-19)11-7-4-8-12-21-17(2)33-35(28(21)38)25-23(30)13-18(29)14-24(25)31/h3-14,36H,1-2H3/b8-4+,11-7+,21-12?. The topological polar surface area (TPSA) is 98.7 Å². The number of nitriles is 1. The molecule has 0 atom stereocenters. The summed E-state index contributed by atoms with van der Waals surface area (Å²) < 4.78 is 1.09. The molecule has 1 aliphatic heterocycles. The highest BCUT2D eigenvalue weighted by molar-refractivity contribution is 6.43. The third kappa shape index (κ3) is 5.02. The van der Waals surface area contributed by atoms with Gasteiger partial charge in [0.1, 0.15) is 17.3 Å². The molecule has 0 saturated carbocycles. The van der Waals surface area contributed by atoms with Crippen molar-refractivity contribution in [1.82, 2.24) is 4.57 Å². The number of rotatable bonds is 5. The Hall–Kier alpha value is -4.09. The molecule has 0 spiro atoms. The van der Waals surface area contributed by atoms with Gasteiger partial charge >= 0.3 is 0 Å². The van der Waals surface area contributed by atoms with Crippen molar-refractivity contribution in [2.45, 2.75) is 13.8 Å². The smallest absolute Gasteiger partial charge is 0.280 e. The third-order valence-corrected chi connectivity index (χ3v) is 6.57. The molecule has 3 aromatic rings. The largest absolute Gasteiger partial charge is 0.494 e. The number of aromatic hydroxyl groups is 1. The summed E-state index contributed by atoms with van der Waals surface area (Å²) in [6, 6.07) is 13.4. The number of hydrazone groups is 1. The van der Waals surface area contributed by atoms with Crippen molar-refractivity contribution in [2.75, 3.05) is 5.01 Å². The second-order valence-corrected chi connectivity index (χ2v) is 9.42. The Morgan fingerprint density at radius 3 is 2.29 bits per heavy atom. The molecular weight excluding hydrogens is 547 g/mol. The van der Waals surface area contributed by atoms with Crippen LogP contribution in [-0.4, -0.2) is 21.3 Å². The lowest BCUT2D eigenvalue weighted by atomic mass is 10.0. The number of hydrogen-bond donors (Lipinski definition) is 1. The van der Waals surface area contributed by atoms with Crippen molar-refractivity contribution in [1.29, 1.82) is 5.26 Å². The number of anilines is 1. The SMILES string of the molecule is CC1=NN(c2c(Cl)cc(Cl)cc2Cl)C(=O)C1=C/C=C/C=C/c1c(C)c(C#N)c(=O)n(-c2ccccc2)c1O. The molecule has 7 nitrogen and oxygen atoms in total. The molecule has 1 aromatic heterocycles. The number of amides is 1. The van der Waals surface area contributed by atoms with Crippen LogP contribution in [0.5, 0.6) is 5.88 Å². The minimum Gasteiger partial charge on any atom is -0.494 e. The van der Waals surface area contributed by atoms with Gasteiger partial charge in [-0.1, -0.05) is 71.2 Å². The molecule has 2 heterocycles. The molecule has 0 unspecified atom stereocenters. The number of halogens is 3. The number of carbonyl (C=O) groups excluding carboxylic acids is 1. The maximum Gasteiger partial charge on any atom is 0.280 e. The van der Waals surface area contributed by atoms with Crippen LogP contribution >= 0.6 is 34.8 Å². The lowest BCUT2D eigenvalue weighted by molar-refractivity contribution is -0.114. The maximum absolute atomic E-state index is 13.0. The predicted molar refractivity (Wildman–Crippen MR) is 151 cm³/mol. The Balaban J connectivity index is 1.63. The maximum atomic E-state index is 13.0. The van der Waals surface area contributed by atoms with Crippen LogP contribution in [0, 0.1) is 18.3 Å². The van der Waals surface area contributed by atoms with E-state index in [1.54, 1.807) is 74.6 Å².